The molecule has 1 saturated carbocycles. The van der Waals surface area contributed by atoms with E-state index in [4.69, 9.17) is 0 Å². The van der Waals surface area contributed by atoms with E-state index in [0.29, 0.717) is 30.6 Å². The summed E-state index contributed by atoms with van der Waals surface area (Å²) < 4.78 is 0. The number of nitrogens with zero attached hydrogens (tertiary/aromatic N) is 1. The largest absolute Gasteiger partial charge is 0.355 e. The molecule has 0 heterocycles. The van der Waals surface area contributed by atoms with Crippen LogP contribution in [0.4, 0.5) is 0 Å². The second-order valence-corrected chi connectivity index (χ2v) is 6.88. The Hall–Kier alpha value is -1.88. The number of carbonyl (C=O) groups excluding carboxylic acids is 2. The highest BCUT2D eigenvalue weighted by molar-refractivity contribution is 5.93. The minimum absolute atomic E-state index is 0.0871. The lowest BCUT2D eigenvalue weighted by atomic mass is 9.86. The third kappa shape index (κ3) is 5.34. The molecule has 0 aromatic heterocycles. The molecule has 24 heavy (non-hydrogen) atoms. The summed E-state index contributed by atoms with van der Waals surface area (Å²) in [5, 5.41) is 5.79. The fourth-order valence-corrected chi connectivity index (χ4v) is 3.30. The highest BCUT2D eigenvalue weighted by atomic mass is 16.2. The molecular formula is C19H29N3O2. The summed E-state index contributed by atoms with van der Waals surface area (Å²) in [5.41, 5.74) is 1.73. The molecule has 2 N–H and O–H groups in total. The topological polar surface area (TPSA) is 61.4 Å². The van der Waals surface area contributed by atoms with E-state index in [-0.39, 0.29) is 11.8 Å². The van der Waals surface area contributed by atoms with E-state index in [0.717, 1.165) is 12.0 Å². The van der Waals surface area contributed by atoms with Crippen LogP contribution in [0.25, 0.3) is 0 Å². The third-order valence-electron chi connectivity index (χ3n) is 4.77. The molecule has 1 aliphatic carbocycles. The lowest BCUT2D eigenvalue weighted by molar-refractivity contribution is -0.123. The third-order valence-corrected chi connectivity index (χ3v) is 4.77. The van der Waals surface area contributed by atoms with E-state index in [1.807, 2.05) is 36.2 Å². The van der Waals surface area contributed by atoms with Crippen LogP contribution in [0, 0.1) is 5.92 Å². The smallest absolute Gasteiger partial charge is 0.251 e. The minimum Gasteiger partial charge on any atom is -0.355 e. The monoisotopic (exact) mass is 331 g/mol. The number of rotatable bonds is 6. The lowest BCUT2D eigenvalue weighted by Gasteiger charge is -2.30. The summed E-state index contributed by atoms with van der Waals surface area (Å²) in [7, 11) is 3.56. The molecule has 2 rings (SSSR count). The van der Waals surface area contributed by atoms with Crippen molar-refractivity contribution in [1.82, 2.24) is 15.5 Å². The van der Waals surface area contributed by atoms with Crippen molar-refractivity contribution in [1.29, 1.82) is 0 Å². The van der Waals surface area contributed by atoms with Crippen molar-refractivity contribution >= 4 is 11.8 Å². The molecule has 132 valence electrons. The van der Waals surface area contributed by atoms with Crippen molar-refractivity contribution in [3.63, 3.8) is 0 Å². The maximum atomic E-state index is 12.2. The first-order chi connectivity index (χ1) is 11.5. The highest BCUT2D eigenvalue weighted by Gasteiger charge is 2.23. The zero-order valence-electron chi connectivity index (χ0n) is 15.0. The van der Waals surface area contributed by atoms with Gasteiger partial charge in [0.05, 0.1) is 6.54 Å². The Labute approximate surface area is 144 Å². The summed E-state index contributed by atoms with van der Waals surface area (Å²) >= 11 is 0. The number of carbonyl (C=O) groups is 2. The van der Waals surface area contributed by atoms with Crippen LogP contribution in [0.3, 0.4) is 0 Å². The second-order valence-electron chi connectivity index (χ2n) is 6.88. The van der Waals surface area contributed by atoms with Crippen molar-refractivity contribution in [2.75, 3.05) is 20.6 Å². The predicted octanol–water partition coefficient (Wildman–Crippen LogP) is 2.17. The van der Waals surface area contributed by atoms with Gasteiger partial charge in [-0.1, -0.05) is 31.9 Å². The lowest BCUT2D eigenvalue weighted by Crippen LogP contribution is -2.44. The normalized spacial score (nSPS) is 20.7. The van der Waals surface area contributed by atoms with Crippen molar-refractivity contribution in [3.8, 4) is 0 Å². The fourth-order valence-electron chi connectivity index (χ4n) is 3.30. The maximum absolute atomic E-state index is 12.2. The van der Waals surface area contributed by atoms with Crippen LogP contribution in [-0.2, 0) is 11.3 Å². The van der Waals surface area contributed by atoms with Crippen LogP contribution in [0.5, 0.6) is 0 Å². The van der Waals surface area contributed by atoms with Crippen LogP contribution < -0.4 is 10.6 Å². The molecule has 1 aromatic rings. The van der Waals surface area contributed by atoms with E-state index in [1.165, 1.54) is 19.3 Å². The number of nitrogens with one attached hydrogen (secondary N) is 2. The molecule has 0 bridgehead atoms. The molecule has 1 fully saturated rings. The van der Waals surface area contributed by atoms with E-state index in [2.05, 4.69) is 17.6 Å². The highest BCUT2D eigenvalue weighted by Crippen LogP contribution is 2.23. The van der Waals surface area contributed by atoms with Gasteiger partial charge in [0.15, 0.2) is 0 Å². The number of benzene rings is 1. The molecule has 1 aliphatic rings. The summed E-state index contributed by atoms with van der Waals surface area (Å²) in [6.45, 7) is 3.30. The Morgan fingerprint density at radius 3 is 2.46 bits per heavy atom. The molecule has 5 heteroatoms. The zero-order chi connectivity index (χ0) is 17.5. The summed E-state index contributed by atoms with van der Waals surface area (Å²) in [4.78, 5) is 25.8. The van der Waals surface area contributed by atoms with Gasteiger partial charge in [-0.2, -0.15) is 0 Å². The number of hydrogen-bond donors (Lipinski definition) is 2. The van der Waals surface area contributed by atoms with Gasteiger partial charge in [0, 0.05) is 25.2 Å². The van der Waals surface area contributed by atoms with Gasteiger partial charge in [-0.25, -0.2) is 0 Å². The predicted molar refractivity (Wildman–Crippen MR) is 95.7 cm³/mol. The maximum Gasteiger partial charge on any atom is 0.251 e. The SMILES string of the molecule is CNC(=O)c1ccc(CN(C)CC(=O)N[C@H]2CCCC[C@@H]2C)cc1. The Bertz CT molecular complexity index is 556. The molecule has 0 saturated heterocycles. The average molecular weight is 331 g/mol. The fraction of sp³-hybridized carbons (Fsp3) is 0.579. The number of likely N-dealkylation sites (N-methyl/N-ethyl adjacent to an activating group) is 1. The molecule has 2 amide bonds. The van der Waals surface area contributed by atoms with Crippen molar-refractivity contribution < 1.29 is 9.59 Å². The molecule has 2 atom stereocenters. The van der Waals surface area contributed by atoms with Gasteiger partial charge in [-0.3, -0.25) is 14.5 Å². The molecule has 5 nitrogen and oxygen atoms in total. The van der Waals surface area contributed by atoms with Crippen LogP contribution >= 0.6 is 0 Å². The Morgan fingerprint density at radius 1 is 1.17 bits per heavy atom. The van der Waals surface area contributed by atoms with E-state index < -0.39 is 0 Å². The van der Waals surface area contributed by atoms with Crippen molar-refractivity contribution in [2.24, 2.45) is 5.92 Å². The summed E-state index contributed by atoms with van der Waals surface area (Å²) in [6.07, 6.45) is 4.79. The van der Waals surface area contributed by atoms with Crippen LogP contribution in [0.15, 0.2) is 24.3 Å². The summed E-state index contributed by atoms with van der Waals surface area (Å²) in [5.74, 6) is 0.583. The van der Waals surface area contributed by atoms with Crippen LogP contribution in [-0.4, -0.2) is 43.4 Å². The van der Waals surface area contributed by atoms with Gasteiger partial charge in [-0.15, -0.1) is 0 Å². The number of hydrogen-bond acceptors (Lipinski definition) is 3. The molecule has 0 unspecified atom stereocenters. The molecular weight excluding hydrogens is 302 g/mol. The Morgan fingerprint density at radius 2 is 1.83 bits per heavy atom. The standard InChI is InChI=1S/C19H29N3O2/c1-14-6-4-5-7-17(14)21-18(23)13-22(3)12-15-8-10-16(11-9-15)19(24)20-2/h8-11,14,17H,4-7,12-13H2,1-3H3,(H,20,24)(H,21,23)/t14-,17-/m0/s1. The quantitative estimate of drug-likeness (QED) is 0.840. The van der Waals surface area contributed by atoms with Gasteiger partial charge in [0.25, 0.3) is 5.91 Å². The van der Waals surface area contributed by atoms with Crippen LogP contribution in [0.1, 0.15) is 48.5 Å². The Kier molecular flexibility index (Phi) is 6.79. The Balaban J connectivity index is 1.80. The van der Waals surface area contributed by atoms with E-state index in [1.54, 1.807) is 7.05 Å². The van der Waals surface area contributed by atoms with Crippen LogP contribution in [0.2, 0.25) is 0 Å². The molecule has 0 aliphatic heterocycles. The van der Waals surface area contributed by atoms with Gasteiger partial charge in [0.2, 0.25) is 5.91 Å². The second kappa shape index (κ2) is 8.83. The van der Waals surface area contributed by atoms with E-state index >= 15 is 0 Å². The zero-order valence-corrected chi connectivity index (χ0v) is 15.0. The van der Waals surface area contributed by atoms with Gasteiger partial charge < -0.3 is 10.6 Å². The molecule has 0 radical (unpaired) electrons. The summed E-state index contributed by atoms with van der Waals surface area (Å²) in [6, 6.07) is 7.81. The number of amides is 2. The molecule has 1 aromatic carbocycles. The van der Waals surface area contributed by atoms with Gasteiger partial charge in [-0.05, 0) is 43.5 Å². The van der Waals surface area contributed by atoms with Crippen molar-refractivity contribution in [2.45, 2.75) is 45.2 Å². The average Bonchev–Trinajstić information content (AvgIpc) is 2.56. The first-order valence-corrected chi connectivity index (χ1v) is 8.78. The minimum atomic E-state index is -0.0871. The first-order valence-electron chi connectivity index (χ1n) is 8.78. The first kappa shape index (κ1) is 18.5. The van der Waals surface area contributed by atoms with E-state index in [9.17, 15) is 9.59 Å². The van der Waals surface area contributed by atoms with Gasteiger partial charge in [0.1, 0.15) is 0 Å². The van der Waals surface area contributed by atoms with Crippen molar-refractivity contribution in [3.05, 3.63) is 35.4 Å². The molecule has 0 spiro atoms. The van der Waals surface area contributed by atoms with Gasteiger partial charge >= 0.3 is 0 Å².